The van der Waals surface area contributed by atoms with Crippen molar-refractivity contribution in [2.24, 2.45) is 0 Å². The van der Waals surface area contributed by atoms with E-state index in [0.29, 0.717) is 17.9 Å². The first-order valence-corrected chi connectivity index (χ1v) is 7.33. The molecule has 0 fully saturated rings. The summed E-state index contributed by atoms with van der Waals surface area (Å²) in [6, 6.07) is 10.3. The Bertz CT molecular complexity index is 712. The second-order valence-electron chi connectivity index (χ2n) is 5.08. The Morgan fingerprint density at radius 3 is 2.83 bits per heavy atom. The van der Waals surface area contributed by atoms with Gasteiger partial charge in [-0.3, -0.25) is 0 Å². The summed E-state index contributed by atoms with van der Waals surface area (Å²) in [6.45, 7) is 2.46. The molecule has 4 nitrogen and oxygen atoms in total. The van der Waals surface area contributed by atoms with Crippen molar-refractivity contribution >= 4 is 12.4 Å². The van der Waals surface area contributed by atoms with Crippen LogP contribution in [0.1, 0.15) is 12.2 Å². The highest BCUT2D eigenvalue weighted by Gasteiger charge is 2.08. The van der Waals surface area contributed by atoms with Gasteiger partial charge in [0.15, 0.2) is 0 Å². The van der Waals surface area contributed by atoms with E-state index in [2.05, 4.69) is 10.3 Å². The fourth-order valence-electron chi connectivity index (χ4n) is 2.30. The van der Waals surface area contributed by atoms with E-state index in [0.717, 1.165) is 25.3 Å². The first kappa shape index (κ1) is 17.2. The molecule has 0 aliphatic carbocycles. The number of aryl methyl sites for hydroxylation is 1. The molecule has 1 N–H and O–H groups in total. The molecular weight excluding hydrogens is 317 g/mol. The van der Waals surface area contributed by atoms with E-state index in [4.69, 9.17) is 4.42 Å². The zero-order valence-corrected chi connectivity index (χ0v) is 13.4. The molecule has 0 spiro atoms. The van der Waals surface area contributed by atoms with Crippen LogP contribution in [0.2, 0.25) is 0 Å². The number of hydrogen-bond acceptors (Lipinski definition) is 3. The fraction of sp³-hybridized carbons (Fsp3) is 0.235. The van der Waals surface area contributed by atoms with Crippen LogP contribution >= 0.6 is 12.4 Å². The van der Waals surface area contributed by atoms with Gasteiger partial charge in [-0.1, -0.05) is 12.1 Å². The second kappa shape index (κ2) is 8.50. The van der Waals surface area contributed by atoms with E-state index in [9.17, 15) is 4.39 Å². The van der Waals surface area contributed by atoms with Crippen LogP contribution in [-0.2, 0) is 13.1 Å². The summed E-state index contributed by atoms with van der Waals surface area (Å²) in [5.74, 6) is 1.10. The van der Waals surface area contributed by atoms with Gasteiger partial charge in [0, 0.05) is 18.9 Å². The standard InChI is InChI=1S/C17H18FN3O.ClH/c18-16-5-2-1-4-15(16)17-7-6-14(22-17)12-19-8-3-10-21-11-9-20-13-21;/h1-2,4-7,9,11,13,19H,3,8,10,12H2;1H. The molecule has 3 rings (SSSR count). The minimum Gasteiger partial charge on any atom is -0.460 e. The largest absolute Gasteiger partial charge is 0.460 e. The molecule has 0 bridgehead atoms. The van der Waals surface area contributed by atoms with Crippen LogP contribution in [0.4, 0.5) is 4.39 Å². The van der Waals surface area contributed by atoms with Gasteiger partial charge >= 0.3 is 0 Å². The SMILES string of the molecule is Cl.Fc1ccccc1-c1ccc(CNCCCn2ccnc2)o1. The Hall–Kier alpha value is -2.11. The Kier molecular flexibility index (Phi) is 6.38. The molecule has 0 saturated carbocycles. The van der Waals surface area contributed by atoms with Crippen LogP contribution in [0.5, 0.6) is 0 Å². The fourth-order valence-corrected chi connectivity index (χ4v) is 2.30. The van der Waals surface area contributed by atoms with Crippen LogP contribution in [0, 0.1) is 5.82 Å². The highest BCUT2D eigenvalue weighted by Crippen LogP contribution is 2.24. The van der Waals surface area contributed by atoms with Crippen LogP contribution in [0.3, 0.4) is 0 Å². The summed E-state index contributed by atoms with van der Waals surface area (Å²) >= 11 is 0. The molecular formula is C17H19ClFN3O. The summed E-state index contributed by atoms with van der Waals surface area (Å²) in [6.07, 6.45) is 6.55. The van der Waals surface area contributed by atoms with Crippen molar-refractivity contribution in [2.45, 2.75) is 19.5 Å². The molecule has 0 unspecified atom stereocenters. The van der Waals surface area contributed by atoms with Gasteiger partial charge in [0.2, 0.25) is 0 Å². The number of benzene rings is 1. The molecule has 0 aliphatic rings. The van der Waals surface area contributed by atoms with Crippen molar-refractivity contribution in [3.05, 3.63) is 66.7 Å². The molecule has 23 heavy (non-hydrogen) atoms. The molecule has 6 heteroatoms. The second-order valence-corrected chi connectivity index (χ2v) is 5.08. The normalized spacial score (nSPS) is 10.5. The number of halogens is 2. The van der Waals surface area contributed by atoms with Crippen LogP contribution in [0.25, 0.3) is 11.3 Å². The first-order chi connectivity index (χ1) is 10.8. The number of furan rings is 1. The quantitative estimate of drug-likeness (QED) is 0.666. The number of nitrogens with one attached hydrogen (secondary N) is 1. The topological polar surface area (TPSA) is 43.0 Å². The lowest BCUT2D eigenvalue weighted by Gasteiger charge is -2.04. The third-order valence-electron chi connectivity index (χ3n) is 3.43. The van der Waals surface area contributed by atoms with E-state index in [1.807, 2.05) is 23.2 Å². The van der Waals surface area contributed by atoms with Crippen molar-refractivity contribution < 1.29 is 8.81 Å². The Labute approximate surface area is 140 Å². The number of aromatic nitrogens is 2. The highest BCUT2D eigenvalue weighted by atomic mass is 35.5. The molecule has 2 heterocycles. The highest BCUT2D eigenvalue weighted by molar-refractivity contribution is 5.85. The lowest BCUT2D eigenvalue weighted by molar-refractivity contribution is 0.482. The first-order valence-electron chi connectivity index (χ1n) is 7.33. The number of imidazole rings is 1. The van der Waals surface area contributed by atoms with E-state index in [-0.39, 0.29) is 18.2 Å². The third-order valence-corrected chi connectivity index (χ3v) is 3.43. The summed E-state index contributed by atoms with van der Waals surface area (Å²) in [5, 5.41) is 3.32. The number of rotatable bonds is 7. The Morgan fingerprint density at radius 1 is 1.17 bits per heavy atom. The lowest BCUT2D eigenvalue weighted by Crippen LogP contribution is -2.15. The van der Waals surface area contributed by atoms with Crippen molar-refractivity contribution in [1.29, 1.82) is 0 Å². The van der Waals surface area contributed by atoms with Crippen molar-refractivity contribution in [3.8, 4) is 11.3 Å². The van der Waals surface area contributed by atoms with Crippen molar-refractivity contribution in [2.75, 3.05) is 6.54 Å². The molecule has 0 saturated heterocycles. The average molecular weight is 336 g/mol. The predicted molar refractivity (Wildman–Crippen MR) is 89.9 cm³/mol. The lowest BCUT2D eigenvalue weighted by atomic mass is 10.1. The van der Waals surface area contributed by atoms with Gasteiger partial charge in [-0.05, 0) is 37.2 Å². The molecule has 0 atom stereocenters. The Morgan fingerprint density at radius 2 is 2.04 bits per heavy atom. The van der Waals surface area contributed by atoms with Crippen LogP contribution in [0.15, 0.2) is 59.5 Å². The summed E-state index contributed by atoms with van der Waals surface area (Å²) < 4.78 is 21.4. The summed E-state index contributed by atoms with van der Waals surface area (Å²) in [4.78, 5) is 4.00. The van der Waals surface area contributed by atoms with E-state index in [1.54, 1.807) is 30.5 Å². The van der Waals surface area contributed by atoms with Gasteiger partial charge in [-0.15, -0.1) is 12.4 Å². The predicted octanol–water partition coefficient (Wildman–Crippen LogP) is 3.88. The molecule has 0 aliphatic heterocycles. The van der Waals surface area contributed by atoms with Gasteiger partial charge in [0.05, 0.1) is 18.4 Å². The van der Waals surface area contributed by atoms with Gasteiger partial charge in [-0.25, -0.2) is 9.37 Å². The third kappa shape index (κ3) is 4.68. The monoisotopic (exact) mass is 335 g/mol. The van der Waals surface area contributed by atoms with E-state index in [1.165, 1.54) is 6.07 Å². The molecule has 122 valence electrons. The molecule has 3 aromatic rings. The maximum atomic E-state index is 13.7. The molecule has 2 aromatic heterocycles. The average Bonchev–Trinajstić information content (AvgIpc) is 3.19. The summed E-state index contributed by atoms with van der Waals surface area (Å²) in [7, 11) is 0. The molecule has 0 radical (unpaired) electrons. The number of hydrogen-bond donors (Lipinski definition) is 1. The van der Waals surface area contributed by atoms with E-state index < -0.39 is 0 Å². The van der Waals surface area contributed by atoms with E-state index >= 15 is 0 Å². The number of nitrogens with zero attached hydrogens (tertiary/aromatic N) is 2. The minimum atomic E-state index is -0.267. The van der Waals surface area contributed by atoms with Crippen molar-refractivity contribution in [3.63, 3.8) is 0 Å². The van der Waals surface area contributed by atoms with Gasteiger partial charge < -0.3 is 14.3 Å². The van der Waals surface area contributed by atoms with Gasteiger partial charge in [-0.2, -0.15) is 0 Å². The summed E-state index contributed by atoms with van der Waals surface area (Å²) in [5.41, 5.74) is 0.494. The van der Waals surface area contributed by atoms with Gasteiger partial charge in [0.25, 0.3) is 0 Å². The molecule has 1 aromatic carbocycles. The maximum absolute atomic E-state index is 13.7. The van der Waals surface area contributed by atoms with Gasteiger partial charge in [0.1, 0.15) is 17.3 Å². The molecule has 0 amide bonds. The zero-order valence-electron chi connectivity index (χ0n) is 12.6. The van der Waals surface area contributed by atoms with Crippen LogP contribution < -0.4 is 5.32 Å². The maximum Gasteiger partial charge on any atom is 0.137 e. The van der Waals surface area contributed by atoms with Crippen LogP contribution in [-0.4, -0.2) is 16.1 Å². The zero-order chi connectivity index (χ0) is 15.2. The Balaban J connectivity index is 0.00000192. The smallest absolute Gasteiger partial charge is 0.137 e. The van der Waals surface area contributed by atoms with Crippen molar-refractivity contribution in [1.82, 2.24) is 14.9 Å². The minimum absolute atomic E-state index is 0.